The van der Waals surface area contributed by atoms with Crippen LogP contribution in [-0.2, 0) is 0 Å². The molecule has 0 atom stereocenters. The van der Waals surface area contributed by atoms with Gasteiger partial charge in [0.05, 0.1) is 0 Å². The molecule has 0 saturated heterocycles. The van der Waals surface area contributed by atoms with Gasteiger partial charge in [-0.25, -0.2) is 0 Å². The summed E-state index contributed by atoms with van der Waals surface area (Å²) in [6, 6.07) is 7.87. The fraction of sp³-hybridized carbons (Fsp3) is 0.300. The third-order valence-corrected chi connectivity index (χ3v) is 1.45. The van der Waals surface area contributed by atoms with Gasteiger partial charge in [-0.3, -0.25) is 0 Å². The summed E-state index contributed by atoms with van der Waals surface area (Å²) < 4.78 is 0. The Labute approximate surface area is 128 Å². The van der Waals surface area contributed by atoms with Crippen LogP contribution in [0.5, 0.6) is 0 Å². The number of fused-ring (bicyclic) bond motifs is 1. The quantitative estimate of drug-likeness (QED) is 0.629. The summed E-state index contributed by atoms with van der Waals surface area (Å²) in [6.45, 7) is 5.90. The maximum absolute atomic E-state index is 4.20. The predicted molar refractivity (Wildman–Crippen MR) is 51.1 cm³/mol. The van der Waals surface area contributed by atoms with Gasteiger partial charge in [-0.05, 0) is 18.0 Å². The van der Waals surface area contributed by atoms with E-state index in [9.17, 15) is 0 Å². The summed E-state index contributed by atoms with van der Waals surface area (Å²) in [5.74, 6) is 0.848. The molecule has 2 nitrogen and oxygen atoms in total. The van der Waals surface area contributed by atoms with E-state index in [-0.39, 0.29) is 58.2 Å². The minimum absolute atomic E-state index is 0. The van der Waals surface area contributed by atoms with Crippen LogP contribution < -0.4 is 63.2 Å². The molecule has 0 fully saturated rings. The Morgan fingerprint density at radius 2 is 1.77 bits per heavy atom. The summed E-state index contributed by atoms with van der Waals surface area (Å²) in [5, 5.41) is 0. The van der Waals surface area contributed by atoms with Gasteiger partial charge >= 0.3 is 58.2 Å². The van der Waals surface area contributed by atoms with E-state index in [0.717, 1.165) is 16.9 Å². The van der Waals surface area contributed by atoms with Gasteiger partial charge in [-0.2, -0.15) is 0 Å². The maximum atomic E-state index is 4.20. The molecule has 0 amide bonds. The van der Waals surface area contributed by atoms with Gasteiger partial charge in [0.25, 0.3) is 0 Å². The van der Waals surface area contributed by atoms with Crippen molar-refractivity contribution in [2.75, 3.05) is 0 Å². The molecule has 0 aliphatic carbocycles. The zero-order chi connectivity index (χ0) is 8.97. The monoisotopic (exact) mass is 246 g/mol. The van der Waals surface area contributed by atoms with Crippen LogP contribution in [0.3, 0.4) is 0 Å². The first-order valence-corrected chi connectivity index (χ1v) is 4.22. The molecule has 0 aliphatic heterocycles. The number of benzene rings is 1. The molecule has 3 heteroatoms. The van der Waals surface area contributed by atoms with Gasteiger partial charge in [0, 0.05) is 0 Å². The average molecular weight is 247 g/mol. The Morgan fingerprint density at radius 1 is 1.15 bits per heavy atom. The third kappa shape index (κ3) is 3.62. The van der Waals surface area contributed by atoms with Crippen molar-refractivity contribution in [1.29, 1.82) is 0 Å². The van der Waals surface area contributed by atoms with Crippen molar-refractivity contribution in [3.63, 3.8) is 0 Å². The van der Waals surface area contributed by atoms with Crippen molar-refractivity contribution in [2.45, 2.75) is 20.8 Å². The molecule has 1 aromatic heterocycles. The molecule has 2 rings (SSSR count). The van der Waals surface area contributed by atoms with Crippen molar-refractivity contribution in [1.82, 2.24) is 9.97 Å². The summed E-state index contributed by atoms with van der Waals surface area (Å²) in [4.78, 5) is 8.40. The Kier molecular flexibility index (Phi) is 7.14. The van der Waals surface area contributed by atoms with E-state index in [4.69, 9.17) is 0 Å². The smallest absolute Gasteiger partial charge is 0.440 e. The minimum Gasteiger partial charge on any atom is -0.440 e. The topological polar surface area (TPSA) is 27.0 Å². The van der Waals surface area contributed by atoms with E-state index in [1.807, 2.05) is 45.0 Å². The molecule has 0 N–H and O–H groups in total. The van der Waals surface area contributed by atoms with Crippen LogP contribution in [-0.4, -0.2) is 4.98 Å². The molecule has 0 aliphatic rings. The minimum atomic E-state index is 0. The number of nitrogens with zero attached hydrogens (tertiary/aromatic N) is 2. The zero-order valence-corrected chi connectivity index (χ0v) is 13.6. The van der Waals surface area contributed by atoms with E-state index in [1.165, 1.54) is 0 Å². The molecule has 13 heavy (non-hydrogen) atoms. The number of aromatic nitrogens is 2. The SMILES string of the molecule is CC.Cc1nc2ccccc2[n-]1.[Rb+]. The van der Waals surface area contributed by atoms with Gasteiger partial charge in [-0.1, -0.05) is 43.9 Å². The maximum Gasteiger partial charge on any atom is 1.00 e. The normalized spacial score (nSPS) is 8.54. The number of hydrogen-bond acceptors (Lipinski definition) is 1. The van der Waals surface area contributed by atoms with E-state index in [1.54, 1.807) is 0 Å². The second-order valence-corrected chi connectivity index (χ2v) is 2.26. The number of hydrogen-bond donors (Lipinski definition) is 0. The summed E-state index contributed by atoms with van der Waals surface area (Å²) in [5.41, 5.74) is 1.97. The van der Waals surface area contributed by atoms with Crippen LogP contribution in [0, 0.1) is 6.92 Å². The van der Waals surface area contributed by atoms with Crippen molar-refractivity contribution in [3.05, 3.63) is 30.1 Å². The molecular weight excluding hydrogens is 234 g/mol. The Bertz CT molecular complexity index is 321. The Morgan fingerprint density at radius 3 is 2.38 bits per heavy atom. The van der Waals surface area contributed by atoms with Crippen LogP contribution in [0.25, 0.3) is 11.0 Å². The summed E-state index contributed by atoms with van der Waals surface area (Å²) in [6.07, 6.45) is 0. The van der Waals surface area contributed by atoms with Gasteiger partial charge in [-0.15, -0.1) is 0 Å². The zero-order valence-electron chi connectivity index (χ0n) is 8.70. The molecule has 0 bridgehead atoms. The first-order valence-electron chi connectivity index (χ1n) is 4.22. The van der Waals surface area contributed by atoms with Crippen LogP contribution in [0.1, 0.15) is 19.7 Å². The second kappa shape index (κ2) is 6.88. The molecule has 2 aromatic rings. The van der Waals surface area contributed by atoms with Crippen molar-refractivity contribution >= 4 is 11.0 Å². The van der Waals surface area contributed by atoms with Crippen LogP contribution in [0.2, 0.25) is 0 Å². The van der Waals surface area contributed by atoms with Crippen LogP contribution >= 0.6 is 0 Å². The first kappa shape index (κ1) is 13.5. The first-order chi connectivity index (χ1) is 5.86. The van der Waals surface area contributed by atoms with Gasteiger partial charge < -0.3 is 9.97 Å². The fourth-order valence-electron chi connectivity index (χ4n) is 1.03. The number of imidazole rings is 1. The predicted octanol–water partition coefficient (Wildman–Crippen LogP) is -0.469. The molecule has 0 saturated carbocycles. The summed E-state index contributed by atoms with van der Waals surface area (Å²) in [7, 11) is 0. The molecule has 0 spiro atoms. The Balaban J connectivity index is 0.000000451. The van der Waals surface area contributed by atoms with E-state index < -0.39 is 0 Å². The van der Waals surface area contributed by atoms with Crippen LogP contribution in [0.15, 0.2) is 24.3 Å². The van der Waals surface area contributed by atoms with Crippen molar-refractivity contribution in [3.8, 4) is 0 Å². The summed E-state index contributed by atoms with van der Waals surface area (Å²) >= 11 is 0. The molecule has 1 aromatic carbocycles. The van der Waals surface area contributed by atoms with E-state index in [0.29, 0.717) is 0 Å². The molecular formula is C10H13N2Rb. The average Bonchev–Trinajstić information content (AvgIpc) is 2.48. The largest absolute Gasteiger partial charge is 1.00 e. The number of rotatable bonds is 0. The van der Waals surface area contributed by atoms with E-state index in [2.05, 4.69) is 9.97 Å². The number of para-hydroxylation sites is 2. The van der Waals surface area contributed by atoms with Crippen molar-refractivity contribution < 1.29 is 58.2 Å². The molecule has 0 radical (unpaired) electrons. The second-order valence-electron chi connectivity index (χ2n) is 2.26. The van der Waals surface area contributed by atoms with Crippen molar-refractivity contribution in [2.24, 2.45) is 0 Å². The number of aryl methyl sites for hydroxylation is 1. The van der Waals surface area contributed by atoms with Gasteiger partial charge in [0.2, 0.25) is 0 Å². The molecule has 1 heterocycles. The third-order valence-electron chi connectivity index (χ3n) is 1.45. The van der Waals surface area contributed by atoms with E-state index >= 15 is 0 Å². The Hall–Kier alpha value is 0.495. The van der Waals surface area contributed by atoms with Crippen LogP contribution in [0.4, 0.5) is 0 Å². The van der Waals surface area contributed by atoms with Gasteiger partial charge in [0.1, 0.15) is 0 Å². The fourth-order valence-corrected chi connectivity index (χ4v) is 1.03. The standard InChI is InChI=1S/C8H7N2.C2H6.Rb/c1-6-9-7-4-2-3-5-8(7)10-6;1-2;/h2-5H,1H3;1-2H3;/q-1;;+1. The molecule has 0 unspecified atom stereocenters. The molecule has 64 valence electrons. The van der Waals surface area contributed by atoms with Gasteiger partial charge in [0.15, 0.2) is 0 Å².